The number of nitrogens with two attached hydrogens (primary N) is 1. The molecule has 0 aliphatic carbocycles. The third-order valence-electron chi connectivity index (χ3n) is 2.80. The van der Waals surface area contributed by atoms with E-state index in [-0.39, 0.29) is 18.3 Å². The van der Waals surface area contributed by atoms with Gasteiger partial charge in [-0.15, -0.1) is 12.4 Å². The third kappa shape index (κ3) is 3.79. The van der Waals surface area contributed by atoms with Gasteiger partial charge in [0.1, 0.15) is 12.7 Å². The summed E-state index contributed by atoms with van der Waals surface area (Å²) in [6.07, 6.45) is 3.88. The summed E-state index contributed by atoms with van der Waals surface area (Å²) in [6.45, 7) is 3.07. The van der Waals surface area contributed by atoms with Gasteiger partial charge in [0, 0.05) is 12.1 Å². The number of benzene rings is 1. The Morgan fingerprint density at radius 1 is 1.45 bits per heavy atom. The van der Waals surface area contributed by atoms with Crippen molar-refractivity contribution in [2.75, 3.05) is 13.1 Å². The standard InChI is InChI=1S/C13H17N5O.ClH/c1-10-7-11(18-9-15-8-17-18)3-4-12(10)13(19)16-6-2-5-14;/h3-4,7-9H,2,5-6,14H2,1H3,(H,16,19);1H. The van der Waals surface area contributed by atoms with E-state index in [1.54, 1.807) is 17.1 Å². The van der Waals surface area contributed by atoms with Gasteiger partial charge in [-0.3, -0.25) is 4.79 Å². The first kappa shape index (κ1) is 16.1. The average Bonchev–Trinajstić information content (AvgIpc) is 2.92. The maximum Gasteiger partial charge on any atom is 0.251 e. The highest BCUT2D eigenvalue weighted by atomic mass is 35.5. The number of nitrogens with zero attached hydrogens (tertiary/aromatic N) is 3. The van der Waals surface area contributed by atoms with Gasteiger partial charge < -0.3 is 11.1 Å². The summed E-state index contributed by atoms with van der Waals surface area (Å²) >= 11 is 0. The molecule has 108 valence electrons. The summed E-state index contributed by atoms with van der Waals surface area (Å²) in [7, 11) is 0. The fourth-order valence-electron chi connectivity index (χ4n) is 1.79. The molecule has 0 atom stereocenters. The van der Waals surface area contributed by atoms with Gasteiger partial charge in [0.15, 0.2) is 0 Å². The Hall–Kier alpha value is -1.92. The molecule has 0 bridgehead atoms. The van der Waals surface area contributed by atoms with Crippen molar-refractivity contribution >= 4 is 18.3 Å². The maximum atomic E-state index is 12.0. The predicted molar refractivity (Wildman–Crippen MR) is 79.3 cm³/mol. The molecule has 0 fully saturated rings. The highest BCUT2D eigenvalue weighted by Gasteiger charge is 2.09. The molecule has 3 N–H and O–H groups in total. The molecule has 0 unspecified atom stereocenters. The summed E-state index contributed by atoms with van der Waals surface area (Å²) in [5.74, 6) is -0.0731. The fraction of sp³-hybridized carbons (Fsp3) is 0.308. The molecular formula is C13H18ClN5O. The van der Waals surface area contributed by atoms with Crippen LogP contribution in [0.15, 0.2) is 30.9 Å². The second-order valence-corrected chi connectivity index (χ2v) is 4.24. The molecule has 1 heterocycles. The normalized spacial score (nSPS) is 9.90. The molecule has 0 radical (unpaired) electrons. The van der Waals surface area contributed by atoms with Crippen LogP contribution in [0.4, 0.5) is 0 Å². The Labute approximate surface area is 123 Å². The van der Waals surface area contributed by atoms with Crippen LogP contribution in [0, 0.1) is 6.92 Å². The predicted octanol–water partition coefficient (Wildman–Crippen LogP) is 1.08. The monoisotopic (exact) mass is 295 g/mol. The van der Waals surface area contributed by atoms with Crippen LogP contribution in [-0.2, 0) is 0 Å². The minimum absolute atomic E-state index is 0. The van der Waals surface area contributed by atoms with Gasteiger partial charge in [-0.2, -0.15) is 5.10 Å². The first-order valence-electron chi connectivity index (χ1n) is 6.16. The summed E-state index contributed by atoms with van der Waals surface area (Å²) in [4.78, 5) is 15.8. The van der Waals surface area contributed by atoms with Gasteiger partial charge in [-0.25, -0.2) is 9.67 Å². The van der Waals surface area contributed by atoms with E-state index in [1.165, 1.54) is 6.33 Å². The van der Waals surface area contributed by atoms with E-state index in [4.69, 9.17) is 5.73 Å². The highest BCUT2D eigenvalue weighted by molar-refractivity contribution is 5.95. The van der Waals surface area contributed by atoms with Crippen molar-refractivity contribution in [3.8, 4) is 5.69 Å². The molecule has 6 nitrogen and oxygen atoms in total. The Bertz CT molecular complexity index is 556. The van der Waals surface area contributed by atoms with Gasteiger partial charge in [-0.1, -0.05) is 0 Å². The molecule has 20 heavy (non-hydrogen) atoms. The SMILES string of the molecule is Cc1cc(-n2cncn2)ccc1C(=O)NCCCN.Cl. The number of hydrogen-bond acceptors (Lipinski definition) is 4. The molecule has 1 amide bonds. The maximum absolute atomic E-state index is 12.0. The zero-order valence-electron chi connectivity index (χ0n) is 11.2. The molecule has 1 aromatic heterocycles. The van der Waals surface area contributed by atoms with E-state index >= 15 is 0 Å². The van der Waals surface area contributed by atoms with Crippen molar-refractivity contribution in [1.82, 2.24) is 20.1 Å². The van der Waals surface area contributed by atoms with E-state index < -0.39 is 0 Å². The lowest BCUT2D eigenvalue weighted by molar-refractivity contribution is 0.0953. The second-order valence-electron chi connectivity index (χ2n) is 4.24. The zero-order valence-corrected chi connectivity index (χ0v) is 12.1. The molecule has 7 heteroatoms. The molecule has 0 aliphatic heterocycles. The van der Waals surface area contributed by atoms with Crippen LogP contribution in [0.5, 0.6) is 0 Å². The van der Waals surface area contributed by atoms with E-state index in [1.807, 2.05) is 19.1 Å². The van der Waals surface area contributed by atoms with Crippen molar-refractivity contribution in [3.63, 3.8) is 0 Å². The van der Waals surface area contributed by atoms with E-state index in [0.717, 1.165) is 17.7 Å². The van der Waals surface area contributed by atoms with Gasteiger partial charge in [0.05, 0.1) is 5.69 Å². The van der Waals surface area contributed by atoms with Crippen LogP contribution in [0.3, 0.4) is 0 Å². The lowest BCUT2D eigenvalue weighted by Gasteiger charge is -2.09. The molecular weight excluding hydrogens is 278 g/mol. The summed E-state index contributed by atoms with van der Waals surface area (Å²) in [6, 6.07) is 5.55. The van der Waals surface area contributed by atoms with Crippen LogP contribution < -0.4 is 11.1 Å². The average molecular weight is 296 g/mol. The van der Waals surface area contributed by atoms with Crippen LogP contribution in [-0.4, -0.2) is 33.8 Å². The van der Waals surface area contributed by atoms with Crippen molar-refractivity contribution in [1.29, 1.82) is 0 Å². The van der Waals surface area contributed by atoms with Crippen molar-refractivity contribution < 1.29 is 4.79 Å². The minimum atomic E-state index is -0.0731. The first-order valence-corrected chi connectivity index (χ1v) is 6.16. The lowest BCUT2D eigenvalue weighted by Crippen LogP contribution is -2.26. The van der Waals surface area contributed by atoms with Crippen molar-refractivity contribution in [2.24, 2.45) is 5.73 Å². The van der Waals surface area contributed by atoms with Gasteiger partial charge >= 0.3 is 0 Å². The lowest BCUT2D eigenvalue weighted by atomic mass is 10.1. The van der Waals surface area contributed by atoms with Gasteiger partial charge in [0.2, 0.25) is 0 Å². The number of carbonyl (C=O) groups is 1. The van der Waals surface area contributed by atoms with Crippen LogP contribution in [0.2, 0.25) is 0 Å². The number of rotatable bonds is 5. The second kappa shape index (κ2) is 7.62. The fourth-order valence-corrected chi connectivity index (χ4v) is 1.79. The van der Waals surface area contributed by atoms with E-state index in [0.29, 0.717) is 18.7 Å². The number of nitrogens with one attached hydrogen (secondary N) is 1. The third-order valence-corrected chi connectivity index (χ3v) is 2.80. The number of halogens is 1. The van der Waals surface area contributed by atoms with Crippen LogP contribution >= 0.6 is 12.4 Å². The van der Waals surface area contributed by atoms with Gasteiger partial charge in [0.25, 0.3) is 5.91 Å². The Balaban J connectivity index is 0.00000200. The van der Waals surface area contributed by atoms with Crippen molar-refractivity contribution in [3.05, 3.63) is 42.0 Å². The summed E-state index contributed by atoms with van der Waals surface area (Å²) in [5.41, 5.74) is 7.84. The molecule has 0 saturated heterocycles. The molecule has 0 spiro atoms. The molecule has 2 aromatic rings. The molecule has 0 aliphatic rings. The first-order chi connectivity index (χ1) is 9.22. The quantitative estimate of drug-likeness (QED) is 0.808. The molecule has 0 saturated carbocycles. The highest BCUT2D eigenvalue weighted by Crippen LogP contribution is 2.13. The van der Waals surface area contributed by atoms with Crippen LogP contribution in [0.1, 0.15) is 22.3 Å². The number of hydrogen-bond donors (Lipinski definition) is 2. The minimum Gasteiger partial charge on any atom is -0.352 e. The Morgan fingerprint density at radius 2 is 2.25 bits per heavy atom. The Kier molecular flexibility index (Phi) is 6.14. The molecule has 1 aromatic carbocycles. The Morgan fingerprint density at radius 3 is 2.85 bits per heavy atom. The number of aryl methyl sites for hydroxylation is 1. The van der Waals surface area contributed by atoms with E-state index in [9.17, 15) is 4.79 Å². The smallest absolute Gasteiger partial charge is 0.251 e. The van der Waals surface area contributed by atoms with Gasteiger partial charge in [-0.05, 0) is 43.7 Å². The summed E-state index contributed by atoms with van der Waals surface area (Å²) in [5, 5.41) is 6.90. The summed E-state index contributed by atoms with van der Waals surface area (Å²) < 4.78 is 1.66. The topological polar surface area (TPSA) is 85.8 Å². The van der Waals surface area contributed by atoms with E-state index in [2.05, 4.69) is 15.4 Å². The largest absolute Gasteiger partial charge is 0.352 e. The zero-order chi connectivity index (χ0) is 13.7. The number of amides is 1. The van der Waals surface area contributed by atoms with Crippen LogP contribution in [0.25, 0.3) is 5.69 Å². The molecule has 2 rings (SSSR count). The van der Waals surface area contributed by atoms with Crippen molar-refractivity contribution in [2.45, 2.75) is 13.3 Å². The number of carbonyl (C=O) groups excluding carboxylic acids is 1. The number of aromatic nitrogens is 3.